The van der Waals surface area contributed by atoms with Crippen LogP contribution in [0.15, 0.2) is 35.7 Å². The van der Waals surface area contributed by atoms with Gasteiger partial charge in [0.15, 0.2) is 5.78 Å². The SMILES string of the molecule is CC[C@H](C)[C@@H]([C@@H](CC(=O)N1CCC[C@H]1[C@H](OC)[C@@H](C)C(=O)C[C@@H](Cc1ccccc1)c1nc(C(=O)CCCN)cs1)OC)N(C)C(=O)[C@@H](CC(=O)[C@@H](C)C(C)C)C(C)C. The van der Waals surface area contributed by atoms with Crippen molar-refractivity contribution >= 4 is 40.5 Å². The van der Waals surface area contributed by atoms with E-state index in [0.29, 0.717) is 44.5 Å². The fraction of sp³-hybridized carbons (Fsp3) is 0.702. The summed E-state index contributed by atoms with van der Waals surface area (Å²) in [5.41, 5.74) is 7.12. The van der Waals surface area contributed by atoms with Gasteiger partial charge in [-0.25, -0.2) is 4.98 Å². The van der Waals surface area contributed by atoms with Gasteiger partial charge in [0, 0.05) is 76.1 Å². The number of hydrogen-bond acceptors (Lipinski definition) is 10. The molecule has 1 aliphatic rings. The van der Waals surface area contributed by atoms with Gasteiger partial charge in [0.05, 0.1) is 35.7 Å². The molecule has 0 spiro atoms. The quantitative estimate of drug-likeness (QED) is 0.0938. The molecule has 0 aliphatic carbocycles. The molecule has 2 heterocycles. The van der Waals surface area contributed by atoms with Gasteiger partial charge >= 0.3 is 0 Å². The fourth-order valence-electron chi connectivity index (χ4n) is 8.55. The van der Waals surface area contributed by atoms with Crippen molar-refractivity contribution in [2.75, 3.05) is 34.4 Å². The molecule has 1 saturated heterocycles. The van der Waals surface area contributed by atoms with Gasteiger partial charge in [-0.1, -0.05) is 92.1 Å². The van der Waals surface area contributed by atoms with Crippen molar-refractivity contribution in [3.63, 3.8) is 0 Å². The second-order valence-electron chi connectivity index (χ2n) is 17.6. The number of ether oxygens (including phenoxy) is 2. The summed E-state index contributed by atoms with van der Waals surface area (Å²) in [6.45, 7) is 16.9. The van der Waals surface area contributed by atoms with E-state index in [0.717, 1.165) is 23.4 Å². The van der Waals surface area contributed by atoms with E-state index in [9.17, 15) is 24.0 Å². The summed E-state index contributed by atoms with van der Waals surface area (Å²) in [7, 11) is 4.98. The number of carbonyl (C=O) groups is 5. The summed E-state index contributed by atoms with van der Waals surface area (Å²) in [5.74, 6) is -1.38. The molecule has 1 aliphatic heterocycles. The standard InChI is InChI=1S/C47H74N4O7S/c1-12-31(6)44(50(9)47(56)36(30(4)5)26-41(54)32(7)29(2)3)42(57-10)27-43(55)51-23-17-20-38(51)45(58-11)33(8)40(53)25-35(24-34-18-14-13-15-19-34)46-49-37(28-59-46)39(52)21-16-22-48/h13-15,18-19,28-33,35-36,38,42,44-45H,12,16-17,20-27,48H2,1-11H3/t31-,32-,33-,35+,36-,38-,42+,44-,45+/m0/s1. The lowest BCUT2D eigenvalue weighted by molar-refractivity contribution is -0.149. The van der Waals surface area contributed by atoms with Crippen molar-refractivity contribution in [3.05, 3.63) is 52.0 Å². The summed E-state index contributed by atoms with van der Waals surface area (Å²) in [4.78, 5) is 77.2. The van der Waals surface area contributed by atoms with Gasteiger partial charge in [-0.15, -0.1) is 11.3 Å². The van der Waals surface area contributed by atoms with Crippen molar-refractivity contribution in [1.82, 2.24) is 14.8 Å². The number of nitrogens with zero attached hydrogens (tertiary/aromatic N) is 3. The Hall–Kier alpha value is -3.32. The molecule has 2 amide bonds. The van der Waals surface area contributed by atoms with Crippen molar-refractivity contribution < 1.29 is 33.4 Å². The van der Waals surface area contributed by atoms with E-state index in [1.807, 2.05) is 76.8 Å². The van der Waals surface area contributed by atoms with Crippen LogP contribution in [0.3, 0.4) is 0 Å². The molecule has 9 atom stereocenters. The second kappa shape index (κ2) is 24.2. The van der Waals surface area contributed by atoms with Crippen LogP contribution < -0.4 is 5.73 Å². The van der Waals surface area contributed by atoms with Crippen LogP contribution in [0.5, 0.6) is 0 Å². The van der Waals surface area contributed by atoms with E-state index in [1.165, 1.54) is 11.3 Å². The number of methoxy groups -OCH3 is 2. The lowest BCUT2D eigenvalue weighted by Gasteiger charge is -2.41. The normalized spacial score (nSPS) is 18.5. The number of Topliss-reactive ketones (excluding diaryl/α,β-unsaturated/α-hetero) is 3. The first kappa shape index (κ1) is 50.0. The molecule has 330 valence electrons. The van der Waals surface area contributed by atoms with E-state index in [2.05, 4.69) is 13.8 Å². The van der Waals surface area contributed by atoms with Crippen LogP contribution in [-0.2, 0) is 35.1 Å². The Morgan fingerprint density at radius 1 is 0.915 bits per heavy atom. The molecule has 11 nitrogen and oxygen atoms in total. The third-order valence-electron chi connectivity index (χ3n) is 12.9. The van der Waals surface area contributed by atoms with Gasteiger partial charge < -0.3 is 25.0 Å². The summed E-state index contributed by atoms with van der Waals surface area (Å²) in [5, 5.41) is 2.53. The van der Waals surface area contributed by atoms with Crippen molar-refractivity contribution in [1.29, 1.82) is 0 Å². The highest BCUT2D eigenvalue weighted by Gasteiger charge is 2.43. The largest absolute Gasteiger partial charge is 0.379 e. The minimum absolute atomic E-state index is 0.0102. The van der Waals surface area contributed by atoms with E-state index in [4.69, 9.17) is 20.2 Å². The predicted molar refractivity (Wildman–Crippen MR) is 235 cm³/mol. The summed E-state index contributed by atoms with van der Waals surface area (Å²) in [6.07, 6.45) is 3.08. The third-order valence-corrected chi connectivity index (χ3v) is 13.9. The van der Waals surface area contributed by atoms with Crippen LogP contribution in [0.4, 0.5) is 0 Å². The monoisotopic (exact) mass is 839 g/mol. The molecule has 1 aromatic heterocycles. The third kappa shape index (κ3) is 13.6. The zero-order valence-corrected chi connectivity index (χ0v) is 38.6. The van der Waals surface area contributed by atoms with Crippen LogP contribution in [0, 0.1) is 35.5 Å². The minimum atomic E-state index is -0.588. The van der Waals surface area contributed by atoms with Crippen molar-refractivity contribution in [2.24, 2.45) is 41.2 Å². The average Bonchev–Trinajstić information content (AvgIpc) is 3.92. The minimum Gasteiger partial charge on any atom is -0.379 e. The van der Waals surface area contributed by atoms with Gasteiger partial charge in [0.1, 0.15) is 17.3 Å². The number of hydrogen-bond donors (Lipinski definition) is 1. The summed E-state index contributed by atoms with van der Waals surface area (Å²) < 4.78 is 12.2. The Bertz CT molecular complexity index is 1650. The Labute approximate surface area is 358 Å². The van der Waals surface area contributed by atoms with E-state index < -0.39 is 30.1 Å². The Kier molecular flexibility index (Phi) is 20.5. The zero-order chi connectivity index (χ0) is 44.0. The molecule has 0 saturated carbocycles. The van der Waals surface area contributed by atoms with E-state index >= 15 is 0 Å². The maximum absolute atomic E-state index is 14.4. The lowest BCUT2D eigenvalue weighted by atomic mass is 9.82. The molecule has 0 bridgehead atoms. The van der Waals surface area contributed by atoms with Crippen LogP contribution in [0.2, 0.25) is 0 Å². The predicted octanol–water partition coefficient (Wildman–Crippen LogP) is 7.79. The number of likely N-dealkylation sites (N-methyl/N-ethyl adjacent to an activating group) is 1. The molecule has 3 rings (SSSR count). The summed E-state index contributed by atoms with van der Waals surface area (Å²) >= 11 is 1.41. The van der Waals surface area contributed by atoms with Crippen LogP contribution in [0.1, 0.15) is 134 Å². The smallest absolute Gasteiger partial charge is 0.226 e. The first-order valence-electron chi connectivity index (χ1n) is 21.9. The fourth-order valence-corrected chi connectivity index (χ4v) is 9.48. The molecular formula is C47H74N4O7S. The first-order chi connectivity index (χ1) is 28.0. The molecule has 12 heteroatoms. The van der Waals surface area contributed by atoms with Gasteiger partial charge in [0.25, 0.3) is 0 Å². The number of likely N-dealkylation sites (tertiary alicyclic amines) is 1. The number of carbonyl (C=O) groups excluding carboxylic acids is 5. The van der Waals surface area contributed by atoms with Crippen molar-refractivity contribution in [3.8, 4) is 0 Å². The van der Waals surface area contributed by atoms with Crippen LogP contribution >= 0.6 is 11.3 Å². The molecule has 0 unspecified atom stereocenters. The van der Waals surface area contributed by atoms with E-state index in [1.54, 1.807) is 31.5 Å². The molecule has 59 heavy (non-hydrogen) atoms. The molecule has 2 N–H and O–H groups in total. The average molecular weight is 839 g/mol. The Morgan fingerprint density at radius 3 is 2.15 bits per heavy atom. The number of aromatic nitrogens is 1. The molecule has 0 radical (unpaired) electrons. The number of rotatable bonds is 26. The summed E-state index contributed by atoms with van der Waals surface area (Å²) in [6, 6.07) is 9.26. The van der Waals surface area contributed by atoms with Gasteiger partial charge in [-0.05, 0) is 55.5 Å². The van der Waals surface area contributed by atoms with Gasteiger partial charge in [-0.3, -0.25) is 24.0 Å². The lowest BCUT2D eigenvalue weighted by Crippen LogP contribution is -2.54. The maximum atomic E-state index is 14.4. The number of amides is 2. The highest BCUT2D eigenvalue weighted by Crippen LogP contribution is 2.34. The number of thiazole rings is 1. The van der Waals surface area contributed by atoms with E-state index in [-0.39, 0.29) is 84.1 Å². The topological polar surface area (TPSA) is 149 Å². The Balaban J connectivity index is 1.82. The Morgan fingerprint density at radius 2 is 1.58 bits per heavy atom. The van der Waals surface area contributed by atoms with Crippen molar-refractivity contribution in [2.45, 2.75) is 143 Å². The highest BCUT2D eigenvalue weighted by molar-refractivity contribution is 7.10. The van der Waals surface area contributed by atoms with Crippen LogP contribution in [-0.4, -0.2) is 103 Å². The number of ketones is 3. The molecular weight excluding hydrogens is 765 g/mol. The second-order valence-corrected chi connectivity index (χ2v) is 18.5. The molecule has 2 aromatic rings. The number of benzene rings is 1. The van der Waals surface area contributed by atoms with Crippen LogP contribution in [0.25, 0.3) is 0 Å². The molecule has 1 aromatic carbocycles. The maximum Gasteiger partial charge on any atom is 0.226 e. The molecule has 1 fully saturated rings. The highest BCUT2D eigenvalue weighted by atomic mass is 32.1. The zero-order valence-electron chi connectivity index (χ0n) is 37.8. The first-order valence-corrected chi connectivity index (χ1v) is 22.8. The van der Waals surface area contributed by atoms with Gasteiger partial charge in [0.2, 0.25) is 11.8 Å². The number of nitrogens with two attached hydrogens (primary N) is 1. The van der Waals surface area contributed by atoms with Gasteiger partial charge in [-0.2, -0.15) is 0 Å².